The van der Waals surface area contributed by atoms with Crippen LogP contribution in [0.1, 0.15) is 0 Å². The van der Waals surface area contributed by atoms with Crippen LogP contribution in [0.15, 0.2) is 10.4 Å². The summed E-state index contributed by atoms with van der Waals surface area (Å²) in [6.07, 6.45) is -0.213. The van der Waals surface area contributed by atoms with Gasteiger partial charge >= 0.3 is 6.40 Å². The van der Waals surface area contributed by atoms with E-state index in [9.17, 15) is 0 Å². The molecule has 0 aromatic heterocycles. The summed E-state index contributed by atoms with van der Waals surface area (Å²) in [5.41, 5.74) is 0. The molecule has 0 saturated carbocycles. The van der Waals surface area contributed by atoms with Crippen LogP contribution in [0.3, 0.4) is 0 Å². The Hall–Kier alpha value is -0.445. The van der Waals surface area contributed by atoms with Gasteiger partial charge in [-0.15, -0.1) is 11.5 Å². The van der Waals surface area contributed by atoms with E-state index in [1.54, 1.807) is 23.9 Å². The Morgan fingerprint density at radius 3 is 1.75 bits per heavy atom. The van der Waals surface area contributed by atoms with E-state index in [4.69, 9.17) is 11.5 Å². The monoisotopic (exact) mass is 132 g/mol. The molecule has 0 saturated heterocycles. The molecule has 0 radical (unpaired) electrons. The highest BCUT2D eigenvalue weighted by Crippen LogP contribution is 2.09. The summed E-state index contributed by atoms with van der Waals surface area (Å²) < 4.78 is 0. The van der Waals surface area contributed by atoms with Crippen LogP contribution < -0.4 is 0 Å². The van der Waals surface area contributed by atoms with Crippen LogP contribution >= 0.6 is 11.5 Å². The number of hydrogen-bond donors (Lipinski definition) is 0. The highest BCUT2D eigenvalue weighted by atomic mass is 35.5. The summed E-state index contributed by atoms with van der Waals surface area (Å²) in [5, 5.41) is 7.30. The first kappa shape index (κ1) is 5.69. The van der Waals surface area contributed by atoms with E-state index in [0.717, 1.165) is 0 Å². The zero-order valence-corrected chi connectivity index (χ0v) is 5.50. The second-order valence-electron chi connectivity index (χ2n) is 1.64. The molecular weight excluding hydrogens is 126 g/mol. The van der Waals surface area contributed by atoms with Crippen LogP contribution in [-0.2, 0) is 0 Å². The van der Waals surface area contributed by atoms with E-state index < -0.39 is 0 Å². The van der Waals surface area contributed by atoms with Gasteiger partial charge in [-0.2, -0.15) is 0 Å². The predicted octanol–water partition coefficient (Wildman–Crippen LogP) is 0.369. The van der Waals surface area contributed by atoms with Crippen molar-refractivity contribution < 1.29 is 0 Å². The van der Waals surface area contributed by atoms with Crippen LogP contribution in [0.4, 0.5) is 0 Å². The lowest BCUT2D eigenvalue weighted by atomic mass is 10.1. The van der Waals surface area contributed by atoms with Gasteiger partial charge in [-0.25, -0.2) is 0 Å². The van der Waals surface area contributed by atoms with Crippen molar-refractivity contribution in [3.63, 3.8) is 0 Å². The van der Waals surface area contributed by atoms with E-state index in [0.29, 0.717) is 0 Å². The Bertz CT molecular complexity index is 105. The largest absolute Gasteiger partial charge is 0.521 e. The fourth-order valence-electron chi connectivity index (χ4n) is 0.453. The van der Waals surface area contributed by atoms with E-state index in [1.165, 1.54) is 0 Å². The molecule has 0 atom stereocenters. The summed E-state index contributed by atoms with van der Waals surface area (Å²) >= 11 is 5.68. The molecular formula is C2H6BClN4. The van der Waals surface area contributed by atoms with Crippen molar-refractivity contribution in [2.75, 3.05) is 14.1 Å². The lowest BCUT2D eigenvalue weighted by Gasteiger charge is -2.08. The normalized spacial score (nSPS) is 18.6. The fourth-order valence-corrected chi connectivity index (χ4v) is 0.531. The molecule has 6 heteroatoms. The van der Waals surface area contributed by atoms with Crippen molar-refractivity contribution >= 4 is 17.9 Å². The molecule has 1 rings (SSSR count). The molecule has 8 heavy (non-hydrogen) atoms. The first-order chi connectivity index (χ1) is 3.72. The lowest BCUT2D eigenvalue weighted by Crippen LogP contribution is -2.33. The Labute approximate surface area is 53.1 Å². The van der Waals surface area contributed by atoms with Gasteiger partial charge in [-0.1, -0.05) is 10.4 Å². The zero-order chi connectivity index (χ0) is 6.15. The van der Waals surface area contributed by atoms with Crippen LogP contribution in [0.25, 0.3) is 0 Å². The molecule has 0 amide bonds. The van der Waals surface area contributed by atoms with E-state index in [1.807, 2.05) is 0 Å². The molecule has 1 aliphatic rings. The van der Waals surface area contributed by atoms with Crippen molar-refractivity contribution in [3.05, 3.63) is 0 Å². The third-order valence-electron chi connectivity index (χ3n) is 0.939. The highest BCUT2D eigenvalue weighted by Gasteiger charge is 2.28. The van der Waals surface area contributed by atoms with Crippen LogP contribution in [0.5, 0.6) is 0 Å². The summed E-state index contributed by atoms with van der Waals surface area (Å²) in [4.78, 5) is 3.14. The molecule has 0 fully saturated rings. The Balaban J connectivity index is 2.55. The molecule has 0 unspecified atom stereocenters. The van der Waals surface area contributed by atoms with Crippen molar-refractivity contribution in [1.29, 1.82) is 0 Å². The molecule has 0 aliphatic carbocycles. The Kier molecular flexibility index (Phi) is 1.29. The van der Waals surface area contributed by atoms with Crippen molar-refractivity contribution in [1.82, 2.24) is 9.84 Å². The zero-order valence-electron chi connectivity index (χ0n) is 4.74. The summed E-state index contributed by atoms with van der Waals surface area (Å²) in [6, 6.07) is 0. The molecule has 1 aliphatic heterocycles. The van der Waals surface area contributed by atoms with Gasteiger partial charge in [-0.05, 0) is 0 Å². The maximum absolute atomic E-state index is 5.68. The first-order valence-electron chi connectivity index (χ1n) is 2.23. The second kappa shape index (κ2) is 1.82. The Morgan fingerprint density at radius 2 is 1.62 bits per heavy atom. The fraction of sp³-hybridized carbons (Fsp3) is 1.00. The molecule has 44 valence electrons. The SMILES string of the molecule is CN1N=NN(C)B1Cl. The van der Waals surface area contributed by atoms with Gasteiger partial charge in [0, 0.05) is 14.1 Å². The highest BCUT2D eigenvalue weighted by molar-refractivity contribution is 7.03. The molecule has 0 aromatic rings. The summed E-state index contributed by atoms with van der Waals surface area (Å²) in [6.45, 7) is 0. The van der Waals surface area contributed by atoms with Crippen LogP contribution in [-0.4, -0.2) is 30.3 Å². The number of rotatable bonds is 0. The predicted molar refractivity (Wildman–Crippen MR) is 32.0 cm³/mol. The maximum Gasteiger partial charge on any atom is 0.521 e. The van der Waals surface area contributed by atoms with Crippen molar-refractivity contribution in [2.45, 2.75) is 0 Å². The molecule has 0 N–H and O–H groups in total. The van der Waals surface area contributed by atoms with Gasteiger partial charge in [0.05, 0.1) is 0 Å². The molecule has 0 aromatic carbocycles. The molecule has 0 bridgehead atoms. The minimum Gasteiger partial charge on any atom is -0.284 e. The Morgan fingerprint density at radius 1 is 1.25 bits per heavy atom. The number of hydrogen-bond acceptors (Lipinski definition) is 4. The third kappa shape index (κ3) is 0.731. The van der Waals surface area contributed by atoms with Crippen LogP contribution in [0, 0.1) is 0 Å². The molecule has 0 spiro atoms. The minimum absolute atomic E-state index is 0.213. The van der Waals surface area contributed by atoms with Crippen LogP contribution in [0.2, 0.25) is 0 Å². The van der Waals surface area contributed by atoms with Crippen molar-refractivity contribution in [2.24, 2.45) is 10.4 Å². The van der Waals surface area contributed by atoms with Gasteiger partial charge in [-0.3, -0.25) is 9.84 Å². The average molecular weight is 132 g/mol. The smallest absolute Gasteiger partial charge is 0.284 e. The third-order valence-corrected chi connectivity index (χ3v) is 1.50. The minimum atomic E-state index is -0.213. The number of nitrogens with zero attached hydrogens (tertiary/aromatic N) is 4. The van der Waals surface area contributed by atoms with Gasteiger partial charge < -0.3 is 0 Å². The second-order valence-corrected chi connectivity index (χ2v) is 2.03. The van der Waals surface area contributed by atoms with Gasteiger partial charge in [0.25, 0.3) is 0 Å². The van der Waals surface area contributed by atoms with E-state index in [2.05, 4.69) is 10.4 Å². The van der Waals surface area contributed by atoms with Crippen molar-refractivity contribution in [3.8, 4) is 0 Å². The number of halogens is 1. The molecule has 1 heterocycles. The summed E-state index contributed by atoms with van der Waals surface area (Å²) in [7, 11) is 3.54. The first-order valence-corrected chi connectivity index (χ1v) is 2.67. The van der Waals surface area contributed by atoms with Gasteiger partial charge in [0.15, 0.2) is 0 Å². The standard InChI is InChI=1S/C2H6BClN4/c1-7-3(4)8(2)6-5-7/h1-2H3. The van der Waals surface area contributed by atoms with E-state index in [-0.39, 0.29) is 6.40 Å². The maximum atomic E-state index is 5.68. The van der Waals surface area contributed by atoms with Gasteiger partial charge in [0.2, 0.25) is 0 Å². The summed E-state index contributed by atoms with van der Waals surface area (Å²) in [5.74, 6) is 0. The molecule has 4 nitrogen and oxygen atoms in total. The van der Waals surface area contributed by atoms with Gasteiger partial charge in [0.1, 0.15) is 0 Å². The van der Waals surface area contributed by atoms with E-state index >= 15 is 0 Å². The average Bonchev–Trinajstić information content (AvgIpc) is 1.98. The topological polar surface area (TPSA) is 31.2 Å². The lowest BCUT2D eigenvalue weighted by molar-refractivity contribution is 0.541. The quantitative estimate of drug-likeness (QED) is 0.446.